The standard InChI is InChI=1S/C18H13F6N3/c1-27(2)16-12-5-3-4-6-14(12)25-15(26-16)11-8-7-10(17(19,20)21)9-13(11)18(22,23)24/h3-9H,1-2H3. The number of benzene rings is 2. The minimum Gasteiger partial charge on any atom is -0.362 e. The summed E-state index contributed by atoms with van der Waals surface area (Å²) < 4.78 is 78.9. The third-order valence-electron chi connectivity index (χ3n) is 3.90. The van der Waals surface area contributed by atoms with Crippen LogP contribution in [0.25, 0.3) is 22.3 Å². The van der Waals surface area contributed by atoms with E-state index >= 15 is 0 Å². The van der Waals surface area contributed by atoms with E-state index in [2.05, 4.69) is 9.97 Å². The first kappa shape index (κ1) is 18.9. The number of anilines is 1. The zero-order valence-corrected chi connectivity index (χ0v) is 14.2. The first-order chi connectivity index (χ1) is 12.5. The number of hydrogen-bond acceptors (Lipinski definition) is 3. The van der Waals surface area contributed by atoms with E-state index in [1.807, 2.05) is 0 Å². The molecule has 0 aliphatic rings. The van der Waals surface area contributed by atoms with Gasteiger partial charge in [0, 0.05) is 25.0 Å². The summed E-state index contributed by atoms with van der Waals surface area (Å²) in [6.45, 7) is 0. The van der Waals surface area contributed by atoms with Gasteiger partial charge in [-0.1, -0.05) is 12.1 Å². The molecule has 142 valence electrons. The molecule has 27 heavy (non-hydrogen) atoms. The third kappa shape index (κ3) is 3.67. The van der Waals surface area contributed by atoms with Gasteiger partial charge in [0.05, 0.1) is 16.6 Å². The van der Waals surface area contributed by atoms with Crippen LogP contribution in [0.5, 0.6) is 0 Å². The second-order valence-electron chi connectivity index (χ2n) is 6.04. The normalized spacial score (nSPS) is 12.4. The fourth-order valence-electron chi connectivity index (χ4n) is 2.67. The van der Waals surface area contributed by atoms with Crippen molar-refractivity contribution in [3.63, 3.8) is 0 Å². The van der Waals surface area contributed by atoms with Gasteiger partial charge >= 0.3 is 12.4 Å². The molecule has 1 aromatic heterocycles. The van der Waals surface area contributed by atoms with Crippen LogP contribution in [0.3, 0.4) is 0 Å². The highest BCUT2D eigenvalue weighted by Crippen LogP contribution is 2.40. The average molecular weight is 385 g/mol. The van der Waals surface area contributed by atoms with Crippen molar-refractivity contribution < 1.29 is 26.3 Å². The van der Waals surface area contributed by atoms with Crippen molar-refractivity contribution in [3.05, 3.63) is 53.6 Å². The van der Waals surface area contributed by atoms with Crippen molar-refractivity contribution in [2.75, 3.05) is 19.0 Å². The van der Waals surface area contributed by atoms with Gasteiger partial charge in [-0.3, -0.25) is 0 Å². The first-order valence-corrected chi connectivity index (χ1v) is 7.71. The molecule has 3 nitrogen and oxygen atoms in total. The van der Waals surface area contributed by atoms with E-state index in [4.69, 9.17) is 0 Å². The molecule has 0 spiro atoms. The van der Waals surface area contributed by atoms with Gasteiger partial charge in [0.15, 0.2) is 5.82 Å². The van der Waals surface area contributed by atoms with E-state index in [9.17, 15) is 26.3 Å². The van der Waals surface area contributed by atoms with Crippen LogP contribution in [-0.4, -0.2) is 24.1 Å². The molecule has 0 aliphatic carbocycles. The summed E-state index contributed by atoms with van der Waals surface area (Å²) in [5, 5.41) is 0.617. The molecule has 2 aromatic carbocycles. The summed E-state index contributed by atoms with van der Waals surface area (Å²) in [5.74, 6) is 0.0714. The van der Waals surface area contributed by atoms with Gasteiger partial charge in [-0.15, -0.1) is 0 Å². The molecule has 0 aliphatic heterocycles. The van der Waals surface area contributed by atoms with Crippen LogP contribution in [-0.2, 0) is 12.4 Å². The number of hydrogen-bond donors (Lipinski definition) is 0. The van der Waals surface area contributed by atoms with Crippen molar-refractivity contribution in [3.8, 4) is 11.4 Å². The highest BCUT2D eigenvalue weighted by Gasteiger charge is 2.39. The molecule has 0 bridgehead atoms. The van der Waals surface area contributed by atoms with Gasteiger partial charge in [-0.25, -0.2) is 9.97 Å². The van der Waals surface area contributed by atoms with Gasteiger partial charge in [0.2, 0.25) is 0 Å². The number of aromatic nitrogens is 2. The average Bonchev–Trinajstić information content (AvgIpc) is 2.58. The number of fused-ring (bicyclic) bond motifs is 1. The maximum absolute atomic E-state index is 13.4. The van der Waals surface area contributed by atoms with E-state index in [1.54, 1.807) is 43.3 Å². The fourth-order valence-corrected chi connectivity index (χ4v) is 2.67. The maximum atomic E-state index is 13.4. The smallest absolute Gasteiger partial charge is 0.362 e. The van der Waals surface area contributed by atoms with Crippen LogP contribution in [0.4, 0.5) is 32.2 Å². The molecular formula is C18H13F6N3. The highest BCUT2D eigenvalue weighted by molar-refractivity contribution is 5.91. The van der Waals surface area contributed by atoms with Gasteiger partial charge in [0.1, 0.15) is 5.82 Å². The Morgan fingerprint density at radius 1 is 0.815 bits per heavy atom. The van der Waals surface area contributed by atoms with Gasteiger partial charge in [-0.05, 0) is 30.3 Å². The second kappa shape index (κ2) is 6.40. The quantitative estimate of drug-likeness (QED) is 0.553. The van der Waals surface area contributed by atoms with E-state index in [1.165, 1.54) is 0 Å². The van der Waals surface area contributed by atoms with E-state index in [-0.39, 0.29) is 11.9 Å². The lowest BCUT2D eigenvalue weighted by Gasteiger charge is -2.18. The highest BCUT2D eigenvalue weighted by atomic mass is 19.4. The minimum absolute atomic E-state index is 0.0865. The Balaban J connectivity index is 2.30. The van der Waals surface area contributed by atoms with Crippen molar-refractivity contribution >= 4 is 16.7 Å². The van der Waals surface area contributed by atoms with Crippen molar-refractivity contribution in [2.24, 2.45) is 0 Å². The minimum atomic E-state index is -5.00. The third-order valence-corrected chi connectivity index (χ3v) is 3.90. The Labute approximate surface area is 150 Å². The SMILES string of the molecule is CN(C)c1nc(-c2ccc(C(F)(F)F)cc2C(F)(F)F)nc2ccccc12. The molecule has 3 rings (SSSR count). The summed E-state index contributed by atoms with van der Waals surface area (Å²) in [6, 6.07) is 8.15. The van der Waals surface area contributed by atoms with Gasteiger partial charge < -0.3 is 4.90 Å². The zero-order chi connectivity index (χ0) is 20.0. The summed E-state index contributed by atoms with van der Waals surface area (Å²) in [4.78, 5) is 9.91. The van der Waals surface area contributed by atoms with Crippen molar-refractivity contribution in [1.29, 1.82) is 0 Å². The Morgan fingerprint density at radius 3 is 2.07 bits per heavy atom. The number of para-hydroxylation sites is 1. The van der Waals surface area contributed by atoms with Crippen LogP contribution < -0.4 is 4.90 Å². The van der Waals surface area contributed by atoms with Crippen LogP contribution in [0.2, 0.25) is 0 Å². The molecule has 0 atom stereocenters. The molecule has 1 heterocycles. The Morgan fingerprint density at radius 2 is 1.48 bits per heavy atom. The van der Waals surface area contributed by atoms with Crippen LogP contribution in [0.15, 0.2) is 42.5 Å². The molecule has 0 amide bonds. The Hall–Kier alpha value is -2.84. The molecule has 3 aromatic rings. The number of alkyl halides is 6. The van der Waals surface area contributed by atoms with Crippen molar-refractivity contribution in [2.45, 2.75) is 12.4 Å². The van der Waals surface area contributed by atoms with E-state index in [0.29, 0.717) is 22.8 Å². The topological polar surface area (TPSA) is 29.0 Å². The Bertz CT molecular complexity index is 993. The number of nitrogens with zero attached hydrogens (tertiary/aromatic N) is 3. The fraction of sp³-hybridized carbons (Fsp3) is 0.222. The molecule has 9 heteroatoms. The lowest BCUT2D eigenvalue weighted by Crippen LogP contribution is -2.15. The predicted octanol–water partition coefficient (Wildman–Crippen LogP) is 5.40. The van der Waals surface area contributed by atoms with Crippen LogP contribution in [0, 0.1) is 0 Å². The van der Waals surface area contributed by atoms with E-state index in [0.717, 1.165) is 6.07 Å². The molecule has 0 saturated heterocycles. The number of halogens is 6. The van der Waals surface area contributed by atoms with Crippen molar-refractivity contribution in [1.82, 2.24) is 9.97 Å². The summed E-state index contributed by atoms with van der Waals surface area (Å²) in [5.41, 5.74) is -2.94. The second-order valence-corrected chi connectivity index (χ2v) is 6.04. The Kier molecular flexibility index (Phi) is 4.49. The maximum Gasteiger partial charge on any atom is 0.417 e. The molecule has 0 fully saturated rings. The molecule has 0 saturated carbocycles. The zero-order valence-electron chi connectivity index (χ0n) is 14.2. The molecule has 0 unspecified atom stereocenters. The van der Waals surface area contributed by atoms with E-state index < -0.39 is 29.0 Å². The van der Waals surface area contributed by atoms with Gasteiger partial charge in [-0.2, -0.15) is 26.3 Å². The first-order valence-electron chi connectivity index (χ1n) is 7.71. The lowest BCUT2D eigenvalue weighted by atomic mass is 10.0. The van der Waals surface area contributed by atoms with Gasteiger partial charge in [0.25, 0.3) is 0 Å². The molecule has 0 N–H and O–H groups in total. The monoisotopic (exact) mass is 385 g/mol. The van der Waals surface area contributed by atoms with Crippen LogP contribution >= 0.6 is 0 Å². The summed E-state index contributed by atoms with van der Waals surface area (Å²) >= 11 is 0. The number of rotatable bonds is 2. The summed E-state index contributed by atoms with van der Waals surface area (Å²) in [7, 11) is 3.33. The predicted molar refractivity (Wildman–Crippen MR) is 89.3 cm³/mol. The lowest BCUT2D eigenvalue weighted by molar-refractivity contribution is -0.142. The largest absolute Gasteiger partial charge is 0.417 e. The van der Waals surface area contributed by atoms with Crippen LogP contribution in [0.1, 0.15) is 11.1 Å². The molecule has 0 radical (unpaired) electrons. The molecular weight excluding hydrogens is 372 g/mol. The summed E-state index contributed by atoms with van der Waals surface area (Å²) in [6.07, 6.45) is -9.89.